The van der Waals surface area contributed by atoms with E-state index in [-0.39, 0.29) is 4.90 Å². The van der Waals surface area contributed by atoms with Gasteiger partial charge in [0.25, 0.3) is 0 Å². The van der Waals surface area contributed by atoms with Crippen molar-refractivity contribution in [3.63, 3.8) is 0 Å². The van der Waals surface area contributed by atoms with Crippen LogP contribution in [-0.2, 0) is 16.6 Å². The standard InChI is InChI=1S/C12H16N4O3S/c1-7-10(8(2)19-16-7)6-15-11-4-3-9(13)5-12(11)20(14,17)18/h3-5,15H,6,13H2,1-2H3,(H2,14,17,18). The number of nitrogens with one attached hydrogen (secondary N) is 1. The van der Waals surface area contributed by atoms with Gasteiger partial charge in [0.05, 0.1) is 11.4 Å². The van der Waals surface area contributed by atoms with E-state index >= 15 is 0 Å². The van der Waals surface area contributed by atoms with Crippen LogP contribution in [0.4, 0.5) is 11.4 Å². The molecular formula is C12H16N4O3S. The molecule has 0 bridgehead atoms. The minimum atomic E-state index is -3.85. The molecule has 1 aromatic heterocycles. The van der Waals surface area contributed by atoms with E-state index in [0.29, 0.717) is 23.7 Å². The molecule has 0 radical (unpaired) electrons. The Balaban J connectivity index is 2.31. The monoisotopic (exact) mass is 296 g/mol. The smallest absolute Gasteiger partial charge is 0.240 e. The fourth-order valence-corrected chi connectivity index (χ4v) is 2.61. The molecule has 2 aromatic rings. The van der Waals surface area contributed by atoms with E-state index in [1.54, 1.807) is 19.1 Å². The highest BCUT2D eigenvalue weighted by Gasteiger charge is 2.15. The summed E-state index contributed by atoms with van der Waals surface area (Å²) in [6, 6.07) is 4.50. The van der Waals surface area contributed by atoms with Crippen molar-refractivity contribution in [1.29, 1.82) is 0 Å². The third-order valence-electron chi connectivity index (χ3n) is 2.95. The fraction of sp³-hybridized carbons (Fsp3) is 0.250. The van der Waals surface area contributed by atoms with Gasteiger partial charge < -0.3 is 15.6 Å². The molecule has 1 heterocycles. The van der Waals surface area contributed by atoms with Gasteiger partial charge in [-0.1, -0.05) is 5.16 Å². The second kappa shape index (κ2) is 5.14. The van der Waals surface area contributed by atoms with Crippen LogP contribution in [0.1, 0.15) is 17.0 Å². The van der Waals surface area contributed by atoms with Crippen LogP contribution in [0.2, 0.25) is 0 Å². The molecule has 7 nitrogen and oxygen atoms in total. The van der Waals surface area contributed by atoms with Crippen LogP contribution < -0.4 is 16.2 Å². The lowest BCUT2D eigenvalue weighted by molar-refractivity contribution is 0.392. The molecule has 8 heteroatoms. The minimum Gasteiger partial charge on any atom is -0.399 e. The van der Waals surface area contributed by atoms with Gasteiger partial charge in [0.15, 0.2) is 0 Å². The van der Waals surface area contributed by atoms with Crippen molar-refractivity contribution in [2.24, 2.45) is 5.14 Å². The maximum Gasteiger partial charge on any atom is 0.240 e. The number of nitrogen functional groups attached to an aromatic ring is 1. The Hall–Kier alpha value is -2.06. The molecule has 0 unspecified atom stereocenters. The Kier molecular flexibility index (Phi) is 3.69. The highest BCUT2D eigenvalue weighted by molar-refractivity contribution is 7.89. The topological polar surface area (TPSA) is 124 Å². The summed E-state index contributed by atoms with van der Waals surface area (Å²) in [5.74, 6) is 0.683. The molecule has 20 heavy (non-hydrogen) atoms. The molecule has 0 fully saturated rings. The number of primary sulfonamides is 1. The average Bonchev–Trinajstić information content (AvgIpc) is 2.67. The lowest BCUT2D eigenvalue weighted by Gasteiger charge is -2.11. The van der Waals surface area contributed by atoms with E-state index in [0.717, 1.165) is 11.3 Å². The van der Waals surface area contributed by atoms with Gasteiger partial charge in [-0.15, -0.1) is 0 Å². The van der Waals surface area contributed by atoms with Gasteiger partial charge in [-0.05, 0) is 32.0 Å². The molecule has 0 amide bonds. The fourth-order valence-electron chi connectivity index (χ4n) is 1.86. The van der Waals surface area contributed by atoms with E-state index in [4.69, 9.17) is 15.4 Å². The van der Waals surface area contributed by atoms with E-state index in [1.165, 1.54) is 6.07 Å². The third-order valence-corrected chi connectivity index (χ3v) is 3.90. The van der Waals surface area contributed by atoms with E-state index < -0.39 is 10.0 Å². The highest BCUT2D eigenvalue weighted by Crippen LogP contribution is 2.24. The highest BCUT2D eigenvalue weighted by atomic mass is 32.2. The number of hydrogen-bond donors (Lipinski definition) is 3. The first-order chi connectivity index (χ1) is 9.29. The molecule has 0 aliphatic carbocycles. The van der Waals surface area contributed by atoms with Crippen molar-refractivity contribution in [3.05, 3.63) is 35.2 Å². The van der Waals surface area contributed by atoms with Crippen LogP contribution in [0.3, 0.4) is 0 Å². The van der Waals surface area contributed by atoms with Gasteiger partial charge in [-0.25, -0.2) is 13.6 Å². The first kappa shape index (κ1) is 14.4. The summed E-state index contributed by atoms with van der Waals surface area (Å²) in [6.45, 7) is 3.99. The van der Waals surface area contributed by atoms with Gasteiger partial charge in [0.2, 0.25) is 10.0 Å². The number of aromatic nitrogens is 1. The number of nitrogens with zero attached hydrogens (tertiary/aromatic N) is 1. The predicted octanol–water partition coefficient (Wildman–Crippen LogP) is 1.13. The lowest BCUT2D eigenvalue weighted by atomic mass is 10.2. The second-order valence-corrected chi connectivity index (χ2v) is 5.99. The molecule has 1 aromatic carbocycles. The van der Waals surface area contributed by atoms with Gasteiger partial charge in [-0.2, -0.15) is 0 Å². The zero-order valence-electron chi connectivity index (χ0n) is 11.2. The van der Waals surface area contributed by atoms with Crippen molar-refractivity contribution in [2.45, 2.75) is 25.3 Å². The number of hydrogen-bond acceptors (Lipinski definition) is 6. The zero-order valence-corrected chi connectivity index (χ0v) is 12.0. The third kappa shape index (κ3) is 2.91. The predicted molar refractivity (Wildman–Crippen MR) is 75.5 cm³/mol. The first-order valence-corrected chi connectivity index (χ1v) is 7.41. The maximum atomic E-state index is 11.6. The summed E-state index contributed by atoms with van der Waals surface area (Å²) in [5.41, 5.74) is 7.94. The van der Waals surface area contributed by atoms with Crippen LogP contribution in [0.25, 0.3) is 0 Å². The van der Waals surface area contributed by atoms with Crippen molar-refractivity contribution >= 4 is 21.4 Å². The largest absolute Gasteiger partial charge is 0.399 e. The number of anilines is 2. The summed E-state index contributed by atoms with van der Waals surface area (Å²) in [4.78, 5) is -0.0377. The molecule has 0 atom stereocenters. The lowest BCUT2D eigenvalue weighted by Crippen LogP contribution is -2.15. The number of nitrogens with two attached hydrogens (primary N) is 2. The molecule has 108 valence electrons. The van der Waals surface area contributed by atoms with Gasteiger partial charge in [0, 0.05) is 17.8 Å². The molecule has 0 saturated heterocycles. The van der Waals surface area contributed by atoms with Crippen LogP contribution in [0, 0.1) is 13.8 Å². The summed E-state index contributed by atoms with van der Waals surface area (Å²) < 4.78 is 28.2. The van der Waals surface area contributed by atoms with Crippen molar-refractivity contribution in [2.75, 3.05) is 11.1 Å². The van der Waals surface area contributed by atoms with Crippen LogP contribution in [0.5, 0.6) is 0 Å². The van der Waals surface area contributed by atoms with Crippen molar-refractivity contribution in [3.8, 4) is 0 Å². The number of sulfonamides is 1. The van der Waals surface area contributed by atoms with E-state index in [9.17, 15) is 8.42 Å². The Labute approximate surface area is 117 Å². The molecule has 0 saturated carbocycles. The van der Waals surface area contributed by atoms with Gasteiger partial charge in [0.1, 0.15) is 10.7 Å². The van der Waals surface area contributed by atoms with Crippen molar-refractivity contribution in [1.82, 2.24) is 5.16 Å². The van der Waals surface area contributed by atoms with Crippen LogP contribution >= 0.6 is 0 Å². The number of benzene rings is 1. The molecule has 0 aliphatic rings. The summed E-state index contributed by atoms with van der Waals surface area (Å²) >= 11 is 0. The SMILES string of the molecule is Cc1noc(C)c1CNc1ccc(N)cc1S(N)(=O)=O. The molecule has 0 spiro atoms. The Bertz CT molecular complexity index is 718. The Morgan fingerprint density at radius 1 is 1.35 bits per heavy atom. The van der Waals surface area contributed by atoms with Gasteiger partial charge in [-0.3, -0.25) is 0 Å². The maximum absolute atomic E-state index is 11.6. The number of rotatable bonds is 4. The molecular weight excluding hydrogens is 280 g/mol. The molecule has 5 N–H and O–H groups in total. The first-order valence-electron chi connectivity index (χ1n) is 5.87. The normalized spacial score (nSPS) is 11.6. The van der Waals surface area contributed by atoms with Crippen LogP contribution in [-0.4, -0.2) is 13.6 Å². The number of aryl methyl sites for hydroxylation is 2. The van der Waals surface area contributed by atoms with Crippen LogP contribution in [0.15, 0.2) is 27.6 Å². The summed E-state index contributed by atoms with van der Waals surface area (Å²) in [7, 11) is -3.85. The quantitative estimate of drug-likeness (QED) is 0.726. The van der Waals surface area contributed by atoms with Crippen molar-refractivity contribution < 1.29 is 12.9 Å². The zero-order chi connectivity index (χ0) is 14.9. The Morgan fingerprint density at radius 2 is 2.05 bits per heavy atom. The molecule has 0 aliphatic heterocycles. The van der Waals surface area contributed by atoms with Gasteiger partial charge >= 0.3 is 0 Å². The average molecular weight is 296 g/mol. The molecule has 2 rings (SSSR count). The summed E-state index contributed by atoms with van der Waals surface area (Å²) in [6.07, 6.45) is 0. The Morgan fingerprint density at radius 3 is 2.60 bits per heavy atom. The van der Waals surface area contributed by atoms with E-state index in [1.807, 2.05) is 6.92 Å². The second-order valence-electron chi connectivity index (χ2n) is 4.46. The minimum absolute atomic E-state index is 0.0377. The van der Waals surface area contributed by atoms with E-state index in [2.05, 4.69) is 10.5 Å². The summed E-state index contributed by atoms with van der Waals surface area (Å²) in [5, 5.41) is 12.0.